The topological polar surface area (TPSA) is 70.6 Å². The molecule has 1 aliphatic rings. The summed E-state index contributed by atoms with van der Waals surface area (Å²) in [4.78, 5) is 12.1. The molecule has 2 rings (SSSR count). The lowest BCUT2D eigenvalue weighted by Gasteiger charge is -2.27. The summed E-state index contributed by atoms with van der Waals surface area (Å²) >= 11 is 0. The van der Waals surface area contributed by atoms with Crippen LogP contribution in [-0.2, 0) is 10.2 Å². The molecule has 5 heteroatoms. The lowest BCUT2D eigenvalue weighted by Crippen LogP contribution is -2.43. The number of hydrogen-bond acceptors (Lipinski definition) is 3. The molecule has 25 heavy (non-hydrogen) atoms. The highest BCUT2D eigenvalue weighted by Crippen LogP contribution is 2.24. The van der Waals surface area contributed by atoms with Crippen molar-refractivity contribution >= 4 is 6.03 Å². The second-order valence-electron chi connectivity index (χ2n) is 7.97. The molecule has 0 unspecified atom stereocenters. The summed E-state index contributed by atoms with van der Waals surface area (Å²) in [5, 5.41) is 15.9. The maximum absolute atomic E-state index is 12.1. The van der Waals surface area contributed by atoms with Gasteiger partial charge in [-0.3, -0.25) is 0 Å². The number of carbonyl (C=O) groups excluding carboxylic acids is 1. The van der Waals surface area contributed by atoms with Gasteiger partial charge < -0.3 is 20.5 Å². The van der Waals surface area contributed by atoms with Crippen molar-refractivity contribution in [3.05, 3.63) is 35.4 Å². The first-order valence-electron chi connectivity index (χ1n) is 9.18. The molecular weight excluding hydrogens is 316 g/mol. The second-order valence-corrected chi connectivity index (χ2v) is 7.97. The van der Waals surface area contributed by atoms with Gasteiger partial charge in [0.1, 0.15) is 0 Å². The van der Waals surface area contributed by atoms with E-state index in [-0.39, 0.29) is 30.0 Å². The monoisotopic (exact) mass is 348 g/mol. The van der Waals surface area contributed by atoms with Crippen molar-refractivity contribution in [1.82, 2.24) is 10.6 Å². The normalized spacial score (nSPS) is 18.4. The van der Waals surface area contributed by atoms with E-state index in [0.29, 0.717) is 13.2 Å². The molecule has 0 aromatic heterocycles. The third-order valence-corrected chi connectivity index (χ3v) is 4.91. The standard InChI is InChI=1S/C20H32N2O3/c1-14(15-5-7-17(8-6-15)20(2,3)4)22-19(24)21-13-18(23)16-9-11-25-12-10-16/h5-8,14,16,18,23H,9-13H2,1-4H3,(H2,21,22,24)/t14-,18+/m1/s1. The van der Waals surface area contributed by atoms with Gasteiger partial charge in [0.25, 0.3) is 0 Å². The fraction of sp³-hybridized carbons (Fsp3) is 0.650. The van der Waals surface area contributed by atoms with E-state index in [1.54, 1.807) is 0 Å². The Bertz CT molecular complexity index is 545. The van der Waals surface area contributed by atoms with Crippen LogP contribution in [0.1, 0.15) is 57.7 Å². The van der Waals surface area contributed by atoms with Gasteiger partial charge in [0.05, 0.1) is 12.1 Å². The zero-order valence-corrected chi connectivity index (χ0v) is 15.8. The van der Waals surface area contributed by atoms with E-state index in [9.17, 15) is 9.90 Å². The number of rotatable bonds is 5. The number of benzene rings is 1. The maximum Gasteiger partial charge on any atom is 0.315 e. The van der Waals surface area contributed by atoms with Crippen LogP contribution in [0.2, 0.25) is 0 Å². The third-order valence-electron chi connectivity index (χ3n) is 4.91. The van der Waals surface area contributed by atoms with Gasteiger partial charge in [0.15, 0.2) is 0 Å². The van der Waals surface area contributed by atoms with E-state index in [0.717, 1.165) is 18.4 Å². The van der Waals surface area contributed by atoms with Crippen LogP contribution in [0.4, 0.5) is 4.79 Å². The summed E-state index contributed by atoms with van der Waals surface area (Å²) < 4.78 is 5.30. The summed E-state index contributed by atoms with van der Waals surface area (Å²) in [5.74, 6) is 0.205. The molecule has 0 aliphatic carbocycles. The number of aliphatic hydroxyl groups excluding tert-OH is 1. The van der Waals surface area contributed by atoms with Crippen molar-refractivity contribution in [2.45, 2.75) is 58.1 Å². The first kappa shape index (κ1) is 19.7. The van der Waals surface area contributed by atoms with E-state index < -0.39 is 6.10 Å². The lowest BCUT2D eigenvalue weighted by molar-refractivity contribution is 0.00949. The highest BCUT2D eigenvalue weighted by atomic mass is 16.5. The molecule has 1 aromatic rings. The summed E-state index contributed by atoms with van der Waals surface area (Å²) in [6, 6.07) is 8.00. The second kappa shape index (κ2) is 8.68. The number of hydrogen-bond donors (Lipinski definition) is 3. The average Bonchev–Trinajstić information content (AvgIpc) is 2.59. The largest absolute Gasteiger partial charge is 0.391 e. The molecule has 1 heterocycles. The zero-order chi connectivity index (χ0) is 18.4. The predicted molar refractivity (Wildman–Crippen MR) is 99.6 cm³/mol. The van der Waals surface area contributed by atoms with Gasteiger partial charge in [-0.2, -0.15) is 0 Å². The van der Waals surface area contributed by atoms with Crippen LogP contribution in [0.15, 0.2) is 24.3 Å². The minimum absolute atomic E-state index is 0.0887. The molecule has 1 aromatic carbocycles. The molecule has 2 atom stereocenters. The highest BCUT2D eigenvalue weighted by molar-refractivity contribution is 5.74. The Kier molecular flexibility index (Phi) is 6.85. The first-order chi connectivity index (χ1) is 11.8. The molecule has 0 saturated carbocycles. The number of nitrogens with one attached hydrogen (secondary N) is 2. The van der Waals surface area contributed by atoms with Crippen molar-refractivity contribution in [3.8, 4) is 0 Å². The smallest absolute Gasteiger partial charge is 0.315 e. The van der Waals surface area contributed by atoms with E-state index in [4.69, 9.17) is 4.74 Å². The molecule has 140 valence electrons. The Labute approximate surface area is 151 Å². The van der Waals surface area contributed by atoms with Crippen LogP contribution in [0.3, 0.4) is 0 Å². The Hall–Kier alpha value is -1.59. The maximum atomic E-state index is 12.1. The van der Waals surface area contributed by atoms with E-state index in [2.05, 4.69) is 55.7 Å². The fourth-order valence-corrected chi connectivity index (χ4v) is 3.07. The van der Waals surface area contributed by atoms with E-state index in [1.807, 2.05) is 6.92 Å². The van der Waals surface area contributed by atoms with E-state index in [1.165, 1.54) is 5.56 Å². The fourth-order valence-electron chi connectivity index (χ4n) is 3.07. The number of amides is 2. The quantitative estimate of drug-likeness (QED) is 0.765. The number of ether oxygens (including phenoxy) is 1. The molecule has 3 N–H and O–H groups in total. The molecular formula is C20H32N2O3. The average molecular weight is 348 g/mol. The molecule has 2 amide bonds. The molecule has 1 fully saturated rings. The van der Waals surface area contributed by atoms with Gasteiger partial charge in [-0.15, -0.1) is 0 Å². The van der Waals surface area contributed by atoms with Crippen molar-refractivity contribution < 1.29 is 14.6 Å². The molecule has 1 aliphatic heterocycles. The van der Waals surface area contributed by atoms with Gasteiger partial charge in [-0.05, 0) is 42.2 Å². The Morgan fingerprint density at radius 2 is 1.84 bits per heavy atom. The minimum Gasteiger partial charge on any atom is -0.391 e. The molecule has 5 nitrogen and oxygen atoms in total. The van der Waals surface area contributed by atoms with Gasteiger partial charge >= 0.3 is 6.03 Å². The van der Waals surface area contributed by atoms with Crippen molar-refractivity contribution in [3.63, 3.8) is 0 Å². The number of carbonyl (C=O) groups is 1. The minimum atomic E-state index is -0.518. The number of urea groups is 1. The van der Waals surface area contributed by atoms with Crippen molar-refractivity contribution in [2.24, 2.45) is 5.92 Å². The summed E-state index contributed by atoms with van der Waals surface area (Å²) in [6.45, 7) is 10.2. The van der Waals surface area contributed by atoms with Crippen LogP contribution in [0, 0.1) is 5.92 Å². The molecule has 0 bridgehead atoms. The Morgan fingerprint density at radius 1 is 1.24 bits per heavy atom. The van der Waals surface area contributed by atoms with Gasteiger partial charge in [-0.1, -0.05) is 45.0 Å². The van der Waals surface area contributed by atoms with Gasteiger partial charge in [0, 0.05) is 19.8 Å². The SMILES string of the molecule is C[C@@H](NC(=O)NC[C@H](O)C1CCOCC1)c1ccc(C(C)(C)C)cc1. The van der Waals surface area contributed by atoms with Gasteiger partial charge in [0.2, 0.25) is 0 Å². The van der Waals surface area contributed by atoms with E-state index >= 15 is 0 Å². The first-order valence-corrected chi connectivity index (χ1v) is 9.18. The summed E-state index contributed by atoms with van der Waals surface area (Å²) in [7, 11) is 0. The number of aliphatic hydroxyl groups is 1. The highest BCUT2D eigenvalue weighted by Gasteiger charge is 2.22. The van der Waals surface area contributed by atoms with Crippen LogP contribution in [0.25, 0.3) is 0 Å². The molecule has 1 saturated heterocycles. The van der Waals surface area contributed by atoms with Crippen LogP contribution >= 0.6 is 0 Å². The predicted octanol–water partition coefficient (Wildman–Crippen LogP) is 3.13. The zero-order valence-electron chi connectivity index (χ0n) is 15.8. The third kappa shape index (κ3) is 6.01. The molecule has 0 radical (unpaired) electrons. The summed E-state index contributed by atoms with van der Waals surface area (Å²) in [5.41, 5.74) is 2.45. The summed E-state index contributed by atoms with van der Waals surface area (Å²) in [6.07, 6.45) is 1.18. The Balaban J connectivity index is 1.79. The van der Waals surface area contributed by atoms with Crippen LogP contribution < -0.4 is 10.6 Å². The van der Waals surface area contributed by atoms with Crippen molar-refractivity contribution in [2.75, 3.05) is 19.8 Å². The Morgan fingerprint density at radius 3 is 2.40 bits per heavy atom. The van der Waals surface area contributed by atoms with Gasteiger partial charge in [-0.25, -0.2) is 4.79 Å². The van der Waals surface area contributed by atoms with Crippen LogP contribution in [-0.4, -0.2) is 37.0 Å². The lowest BCUT2D eigenvalue weighted by atomic mass is 9.86. The van der Waals surface area contributed by atoms with Crippen LogP contribution in [0.5, 0.6) is 0 Å². The van der Waals surface area contributed by atoms with Crippen molar-refractivity contribution in [1.29, 1.82) is 0 Å². The molecule has 0 spiro atoms.